The first-order chi connectivity index (χ1) is 11.8. The lowest BCUT2D eigenvalue weighted by atomic mass is 10.1. The van der Waals surface area contributed by atoms with Gasteiger partial charge in [-0.3, -0.25) is 0 Å². The maximum atomic E-state index is 9.32. The summed E-state index contributed by atoms with van der Waals surface area (Å²) in [6, 6.07) is 17.6. The number of fused-ring (bicyclic) bond motifs is 1. The smallest absolute Gasteiger partial charge is 0.187 e. The number of nitrogens with one attached hydrogen (secondary N) is 1. The van der Waals surface area contributed by atoms with E-state index in [-0.39, 0.29) is 5.69 Å². The van der Waals surface area contributed by atoms with Gasteiger partial charge in [0.05, 0.1) is 17.5 Å². The second-order valence-electron chi connectivity index (χ2n) is 5.19. The largest absolute Gasteiger partial charge is 0.353 e. The molecule has 0 aliphatic heterocycles. The molecule has 24 heavy (non-hydrogen) atoms. The summed E-state index contributed by atoms with van der Waals surface area (Å²) < 4.78 is 1.92. The van der Waals surface area contributed by atoms with Gasteiger partial charge in [0.15, 0.2) is 5.69 Å². The first-order valence-corrected chi connectivity index (χ1v) is 7.36. The Balaban J connectivity index is 1.73. The van der Waals surface area contributed by atoms with Gasteiger partial charge in [-0.25, -0.2) is 4.98 Å². The second-order valence-corrected chi connectivity index (χ2v) is 5.19. The summed E-state index contributed by atoms with van der Waals surface area (Å²) in [7, 11) is 0. The van der Waals surface area contributed by atoms with Crippen molar-refractivity contribution in [2.24, 2.45) is 0 Å². The predicted molar refractivity (Wildman–Crippen MR) is 91.1 cm³/mol. The van der Waals surface area contributed by atoms with Gasteiger partial charge in [0.1, 0.15) is 6.07 Å². The summed E-state index contributed by atoms with van der Waals surface area (Å²) in [6.45, 7) is 0. The minimum absolute atomic E-state index is 0.271. The summed E-state index contributed by atoms with van der Waals surface area (Å²) in [5.41, 5.74) is 3.56. The summed E-state index contributed by atoms with van der Waals surface area (Å²) in [5.74, 6) is 0. The second kappa shape index (κ2) is 5.82. The van der Waals surface area contributed by atoms with Crippen LogP contribution in [0.3, 0.4) is 0 Å². The van der Waals surface area contributed by atoms with Gasteiger partial charge in [-0.2, -0.15) is 5.26 Å². The lowest BCUT2D eigenvalue weighted by Crippen LogP contribution is -2.00. The van der Waals surface area contributed by atoms with E-state index in [9.17, 15) is 5.26 Å². The maximum absolute atomic E-state index is 9.32. The van der Waals surface area contributed by atoms with Gasteiger partial charge >= 0.3 is 0 Å². The van der Waals surface area contributed by atoms with E-state index in [4.69, 9.17) is 0 Å². The SMILES string of the molecule is N#Cc1nnc2ccccc2c1Nc1ccc(-n2ccnc2)cc1. The minimum Gasteiger partial charge on any atom is -0.353 e. The Morgan fingerprint density at radius 2 is 1.83 bits per heavy atom. The van der Waals surface area contributed by atoms with Crippen LogP contribution in [0.25, 0.3) is 16.6 Å². The number of hydrogen-bond donors (Lipinski definition) is 1. The van der Waals surface area contributed by atoms with Crippen molar-refractivity contribution in [1.29, 1.82) is 5.26 Å². The van der Waals surface area contributed by atoms with Crippen LogP contribution >= 0.6 is 0 Å². The fourth-order valence-electron chi connectivity index (χ4n) is 2.53. The van der Waals surface area contributed by atoms with Gasteiger partial charge in [-0.1, -0.05) is 18.2 Å². The minimum atomic E-state index is 0.271. The third-order valence-electron chi connectivity index (χ3n) is 3.71. The van der Waals surface area contributed by atoms with Crippen molar-refractivity contribution in [3.63, 3.8) is 0 Å². The molecule has 1 N–H and O–H groups in total. The van der Waals surface area contributed by atoms with Crippen molar-refractivity contribution in [2.45, 2.75) is 0 Å². The van der Waals surface area contributed by atoms with Gasteiger partial charge in [-0.05, 0) is 30.3 Å². The van der Waals surface area contributed by atoms with E-state index in [1.807, 2.05) is 59.3 Å². The van der Waals surface area contributed by atoms with E-state index in [0.29, 0.717) is 5.69 Å². The van der Waals surface area contributed by atoms with Crippen LogP contribution in [0.5, 0.6) is 0 Å². The zero-order chi connectivity index (χ0) is 16.4. The summed E-state index contributed by atoms with van der Waals surface area (Å²) >= 11 is 0. The highest BCUT2D eigenvalue weighted by molar-refractivity contribution is 5.94. The molecular weight excluding hydrogens is 300 g/mol. The van der Waals surface area contributed by atoms with Crippen molar-refractivity contribution in [3.8, 4) is 11.8 Å². The van der Waals surface area contributed by atoms with Crippen LogP contribution in [0.4, 0.5) is 11.4 Å². The summed E-state index contributed by atoms with van der Waals surface area (Å²) in [6.07, 6.45) is 5.37. The van der Waals surface area contributed by atoms with Crippen molar-refractivity contribution in [3.05, 3.63) is 72.9 Å². The number of rotatable bonds is 3. The van der Waals surface area contributed by atoms with Crippen LogP contribution in [-0.4, -0.2) is 19.7 Å². The van der Waals surface area contributed by atoms with Crippen LogP contribution in [0.15, 0.2) is 67.3 Å². The van der Waals surface area contributed by atoms with Crippen molar-refractivity contribution in [1.82, 2.24) is 19.7 Å². The normalized spacial score (nSPS) is 10.5. The Morgan fingerprint density at radius 3 is 2.58 bits per heavy atom. The molecule has 2 heterocycles. The summed E-state index contributed by atoms with van der Waals surface area (Å²) in [4.78, 5) is 4.04. The van der Waals surface area contributed by atoms with E-state index >= 15 is 0 Å². The molecule has 0 bridgehead atoms. The Kier molecular flexibility index (Phi) is 3.37. The molecule has 114 valence electrons. The van der Waals surface area contributed by atoms with Crippen molar-refractivity contribution < 1.29 is 0 Å². The number of anilines is 2. The van der Waals surface area contributed by atoms with Crippen molar-refractivity contribution >= 4 is 22.3 Å². The van der Waals surface area contributed by atoms with Crippen LogP contribution in [-0.2, 0) is 0 Å². The van der Waals surface area contributed by atoms with Crippen molar-refractivity contribution in [2.75, 3.05) is 5.32 Å². The number of aromatic nitrogens is 4. The third kappa shape index (κ3) is 2.44. The average Bonchev–Trinajstić information content (AvgIpc) is 3.17. The molecule has 0 saturated carbocycles. The van der Waals surface area contributed by atoms with Gasteiger partial charge in [0.2, 0.25) is 0 Å². The number of benzene rings is 2. The Labute approximate surface area is 138 Å². The highest BCUT2D eigenvalue weighted by Gasteiger charge is 2.10. The third-order valence-corrected chi connectivity index (χ3v) is 3.71. The van der Waals surface area contributed by atoms with E-state index in [1.54, 1.807) is 12.5 Å². The molecule has 4 rings (SSSR count). The van der Waals surface area contributed by atoms with Crippen LogP contribution in [0.2, 0.25) is 0 Å². The first-order valence-electron chi connectivity index (χ1n) is 7.36. The molecule has 0 saturated heterocycles. The van der Waals surface area contributed by atoms with Crippen LogP contribution in [0, 0.1) is 11.3 Å². The molecule has 0 unspecified atom stereocenters. The molecule has 4 aromatic rings. The molecule has 6 nitrogen and oxygen atoms in total. The topological polar surface area (TPSA) is 79.4 Å². The standard InChI is InChI=1S/C18H12N6/c19-11-17-18(15-3-1-2-4-16(15)22-23-17)21-13-5-7-14(8-6-13)24-10-9-20-12-24/h1-10,12H,(H,21,22). The van der Waals surface area contributed by atoms with Crippen LogP contribution in [0.1, 0.15) is 5.69 Å². The zero-order valence-electron chi connectivity index (χ0n) is 12.6. The Hall–Kier alpha value is -3.72. The van der Waals surface area contributed by atoms with Gasteiger partial charge in [0.25, 0.3) is 0 Å². The molecule has 0 atom stereocenters. The fourth-order valence-corrected chi connectivity index (χ4v) is 2.53. The van der Waals surface area contributed by atoms with Gasteiger partial charge in [-0.15, -0.1) is 10.2 Å². The highest BCUT2D eigenvalue weighted by Crippen LogP contribution is 2.27. The van der Waals surface area contributed by atoms with E-state index in [1.165, 1.54) is 0 Å². The maximum Gasteiger partial charge on any atom is 0.187 e. The Bertz CT molecular complexity index is 1030. The number of hydrogen-bond acceptors (Lipinski definition) is 5. The molecule has 0 radical (unpaired) electrons. The monoisotopic (exact) mass is 312 g/mol. The number of nitriles is 1. The number of imidazole rings is 1. The zero-order valence-corrected chi connectivity index (χ0v) is 12.6. The molecule has 0 aliphatic rings. The Morgan fingerprint density at radius 1 is 1.00 bits per heavy atom. The lowest BCUT2D eigenvalue weighted by molar-refractivity contribution is 1.05. The average molecular weight is 312 g/mol. The molecule has 0 spiro atoms. The first kappa shape index (κ1) is 13.9. The van der Waals surface area contributed by atoms with Gasteiger partial charge in [0, 0.05) is 29.2 Å². The molecule has 2 aromatic heterocycles. The predicted octanol–water partition coefficient (Wildman–Crippen LogP) is 3.43. The van der Waals surface area contributed by atoms with E-state index in [2.05, 4.69) is 26.6 Å². The molecule has 0 fully saturated rings. The van der Waals surface area contributed by atoms with Crippen LogP contribution < -0.4 is 5.32 Å². The molecular formula is C18H12N6. The molecule has 0 aliphatic carbocycles. The number of nitrogens with zero attached hydrogens (tertiary/aromatic N) is 5. The quantitative estimate of drug-likeness (QED) is 0.627. The van der Waals surface area contributed by atoms with E-state index in [0.717, 1.165) is 22.3 Å². The highest BCUT2D eigenvalue weighted by atomic mass is 15.1. The summed E-state index contributed by atoms with van der Waals surface area (Å²) in [5, 5.41) is 21.5. The lowest BCUT2D eigenvalue weighted by Gasteiger charge is -2.11. The van der Waals surface area contributed by atoms with E-state index < -0.39 is 0 Å². The molecule has 6 heteroatoms. The molecule has 2 aromatic carbocycles. The fraction of sp³-hybridized carbons (Fsp3) is 0. The molecule has 0 amide bonds. The van der Waals surface area contributed by atoms with Gasteiger partial charge < -0.3 is 9.88 Å².